The zero-order chi connectivity index (χ0) is 22.6. The minimum atomic E-state index is -3.46. The molecule has 1 aliphatic rings. The van der Waals surface area contributed by atoms with Crippen molar-refractivity contribution in [1.29, 1.82) is 0 Å². The van der Waals surface area contributed by atoms with E-state index >= 15 is 0 Å². The summed E-state index contributed by atoms with van der Waals surface area (Å²) in [6.45, 7) is 1.14. The van der Waals surface area contributed by atoms with E-state index in [-0.39, 0.29) is 5.69 Å². The monoisotopic (exact) mass is 471 g/mol. The normalized spacial score (nSPS) is 15.1. The van der Waals surface area contributed by atoms with Crippen LogP contribution in [0.1, 0.15) is 24.8 Å². The van der Waals surface area contributed by atoms with Crippen molar-refractivity contribution in [2.45, 2.75) is 24.2 Å². The number of nitrogens with one attached hydrogen (secondary N) is 1. The highest BCUT2D eigenvalue weighted by molar-refractivity contribution is 7.89. The van der Waals surface area contributed by atoms with E-state index in [4.69, 9.17) is 0 Å². The largest absolute Gasteiger partial charge is 0.270 e. The standard InChI is InChI=1S/C21H21N5O4S2/c27-26(28)18-6-4-5-16(13-18)14-22-24-21-23-20(15-31-21)17-7-9-19(10-8-17)32(29,30)25-11-2-1-3-12-25/h4-10,13-15H,1-3,11-12H2,(H,23,24). The molecule has 32 heavy (non-hydrogen) atoms. The van der Waals surface area contributed by atoms with Gasteiger partial charge in [0.15, 0.2) is 0 Å². The van der Waals surface area contributed by atoms with Crippen LogP contribution >= 0.6 is 11.3 Å². The average Bonchev–Trinajstić information content (AvgIpc) is 3.29. The third-order valence-electron chi connectivity index (χ3n) is 5.06. The number of hydrogen-bond donors (Lipinski definition) is 1. The molecule has 0 aliphatic carbocycles. The Morgan fingerprint density at radius 3 is 2.59 bits per heavy atom. The topological polar surface area (TPSA) is 118 Å². The summed E-state index contributed by atoms with van der Waals surface area (Å²) < 4.78 is 27.1. The first kappa shape index (κ1) is 22.1. The van der Waals surface area contributed by atoms with Crippen molar-refractivity contribution in [3.05, 3.63) is 69.6 Å². The van der Waals surface area contributed by atoms with Crippen LogP contribution in [0.4, 0.5) is 10.8 Å². The Hall–Kier alpha value is -3.15. The number of thiazole rings is 1. The fourth-order valence-corrected chi connectivity index (χ4v) is 5.58. The van der Waals surface area contributed by atoms with Gasteiger partial charge in [0.1, 0.15) is 0 Å². The molecule has 2 aromatic carbocycles. The lowest BCUT2D eigenvalue weighted by Gasteiger charge is -2.25. The quantitative estimate of drug-likeness (QED) is 0.311. The summed E-state index contributed by atoms with van der Waals surface area (Å²) in [5.74, 6) is 0. The van der Waals surface area contributed by atoms with Crippen LogP contribution < -0.4 is 5.43 Å². The van der Waals surface area contributed by atoms with Gasteiger partial charge in [-0.15, -0.1) is 11.3 Å². The van der Waals surface area contributed by atoms with Crippen molar-refractivity contribution in [3.63, 3.8) is 0 Å². The second-order valence-electron chi connectivity index (χ2n) is 7.25. The third-order valence-corrected chi connectivity index (χ3v) is 7.72. The first-order chi connectivity index (χ1) is 15.4. The maximum atomic E-state index is 12.8. The van der Waals surface area contributed by atoms with Gasteiger partial charge in [-0.05, 0) is 25.0 Å². The minimum absolute atomic E-state index is 0.00349. The van der Waals surface area contributed by atoms with E-state index in [2.05, 4.69) is 15.5 Å². The van der Waals surface area contributed by atoms with Gasteiger partial charge in [-0.1, -0.05) is 30.7 Å². The molecular formula is C21H21N5O4S2. The summed E-state index contributed by atoms with van der Waals surface area (Å²) >= 11 is 1.35. The molecule has 0 saturated carbocycles. The van der Waals surface area contributed by atoms with Crippen molar-refractivity contribution in [3.8, 4) is 11.3 Å². The maximum Gasteiger partial charge on any atom is 0.270 e. The fraction of sp³-hybridized carbons (Fsp3) is 0.238. The van der Waals surface area contributed by atoms with Gasteiger partial charge in [0, 0.05) is 41.7 Å². The van der Waals surface area contributed by atoms with Gasteiger partial charge in [-0.25, -0.2) is 13.4 Å². The number of anilines is 1. The molecule has 0 amide bonds. The molecule has 1 N–H and O–H groups in total. The highest BCUT2D eigenvalue weighted by atomic mass is 32.2. The number of nitro groups is 1. The zero-order valence-electron chi connectivity index (χ0n) is 17.0. The van der Waals surface area contributed by atoms with Crippen molar-refractivity contribution < 1.29 is 13.3 Å². The van der Waals surface area contributed by atoms with Gasteiger partial charge in [-0.2, -0.15) is 9.41 Å². The number of non-ortho nitro benzene ring substituents is 1. The molecule has 1 aromatic heterocycles. The molecule has 0 radical (unpaired) electrons. The first-order valence-corrected chi connectivity index (χ1v) is 12.3. The molecule has 1 saturated heterocycles. The number of aromatic nitrogens is 1. The summed E-state index contributed by atoms with van der Waals surface area (Å²) in [6, 6.07) is 12.9. The lowest BCUT2D eigenvalue weighted by molar-refractivity contribution is -0.384. The van der Waals surface area contributed by atoms with Crippen molar-refractivity contribution in [2.75, 3.05) is 18.5 Å². The van der Waals surface area contributed by atoms with E-state index in [9.17, 15) is 18.5 Å². The number of piperidine rings is 1. The van der Waals surface area contributed by atoms with Gasteiger partial charge in [0.05, 0.1) is 21.7 Å². The van der Waals surface area contributed by atoms with Gasteiger partial charge >= 0.3 is 0 Å². The second-order valence-corrected chi connectivity index (χ2v) is 10.0. The summed E-state index contributed by atoms with van der Waals surface area (Å²) in [5.41, 5.74) is 4.90. The van der Waals surface area contributed by atoms with E-state index < -0.39 is 14.9 Å². The van der Waals surface area contributed by atoms with Gasteiger partial charge in [-0.3, -0.25) is 15.5 Å². The molecule has 0 spiro atoms. The summed E-state index contributed by atoms with van der Waals surface area (Å²) in [4.78, 5) is 15.1. The molecule has 9 nitrogen and oxygen atoms in total. The second kappa shape index (κ2) is 9.55. The summed E-state index contributed by atoms with van der Waals surface area (Å²) in [6.07, 6.45) is 4.35. The molecule has 1 aliphatic heterocycles. The lowest BCUT2D eigenvalue weighted by atomic mass is 10.2. The molecule has 0 bridgehead atoms. The van der Waals surface area contributed by atoms with Crippen LogP contribution in [0.2, 0.25) is 0 Å². The predicted octanol–water partition coefficient (Wildman–Crippen LogP) is 4.34. The first-order valence-electron chi connectivity index (χ1n) is 10.0. The fourth-order valence-electron chi connectivity index (χ4n) is 3.39. The molecule has 0 unspecified atom stereocenters. The number of sulfonamides is 1. The Bertz CT molecular complexity index is 1230. The van der Waals surface area contributed by atoms with E-state index in [0.29, 0.717) is 34.4 Å². The molecule has 1 fully saturated rings. The summed E-state index contributed by atoms with van der Waals surface area (Å²) in [7, 11) is -3.46. The van der Waals surface area contributed by atoms with Gasteiger partial charge in [0.2, 0.25) is 15.2 Å². The van der Waals surface area contributed by atoms with Crippen LogP contribution in [0.3, 0.4) is 0 Å². The van der Waals surface area contributed by atoms with Crippen LogP contribution in [-0.2, 0) is 10.0 Å². The highest BCUT2D eigenvalue weighted by Crippen LogP contribution is 2.27. The number of hydrazone groups is 1. The molecular weight excluding hydrogens is 450 g/mol. The molecule has 3 aromatic rings. The highest BCUT2D eigenvalue weighted by Gasteiger charge is 2.25. The lowest BCUT2D eigenvalue weighted by Crippen LogP contribution is -2.35. The Kier molecular flexibility index (Phi) is 6.58. The Balaban J connectivity index is 1.42. The van der Waals surface area contributed by atoms with E-state index in [1.165, 1.54) is 29.7 Å². The van der Waals surface area contributed by atoms with Crippen LogP contribution in [-0.4, -0.2) is 41.9 Å². The van der Waals surface area contributed by atoms with E-state index in [1.54, 1.807) is 40.7 Å². The molecule has 11 heteroatoms. The Labute approximate surface area is 189 Å². The number of hydrogen-bond acceptors (Lipinski definition) is 8. The number of benzene rings is 2. The van der Waals surface area contributed by atoms with Crippen molar-refractivity contribution in [1.82, 2.24) is 9.29 Å². The Morgan fingerprint density at radius 1 is 1.12 bits per heavy atom. The number of nitrogens with zero attached hydrogens (tertiary/aromatic N) is 4. The van der Waals surface area contributed by atoms with Gasteiger partial charge in [0.25, 0.3) is 5.69 Å². The number of rotatable bonds is 7. The van der Waals surface area contributed by atoms with Crippen LogP contribution in [0.25, 0.3) is 11.3 Å². The van der Waals surface area contributed by atoms with Gasteiger partial charge < -0.3 is 0 Å². The number of nitro benzene ring substituents is 1. The van der Waals surface area contributed by atoms with Crippen molar-refractivity contribution >= 4 is 38.4 Å². The van der Waals surface area contributed by atoms with Crippen LogP contribution in [0.5, 0.6) is 0 Å². The molecule has 166 valence electrons. The zero-order valence-corrected chi connectivity index (χ0v) is 18.7. The third kappa shape index (κ3) is 5.01. The maximum absolute atomic E-state index is 12.8. The smallest absolute Gasteiger partial charge is 0.258 e. The van der Waals surface area contributed by atoms with Crippen LogP contribution in [0, 0.1) is 10.1 Å². The Morgan fingerprint density at radius 2 is 1.88 bits per heavy atom. The average molecular weight is 472 g/mol. The van der Waals surface area contributed by atoms with E-state index in [1.807, 2.05) is 5.38 Å². The SMILES string of the molecule is O=[N+]([O-])c1cccc(C=NNc2nc(-c3ccc(S(=O)(=O)N4CCCCC4)cc3)cs2)c1. The minimum Gasteiger partial charge on any atom is -0.258 e. The molecule has 2 heterocycles. The van der Waals surface area contributed by atoms with Crippen molar-refractivity contribution in [2.24, 2.45) is 5.10 Å². The summed E-state index contributed by atoms with van der Waals surface area (Å²) in [5, 5.41) is 17.3. The molecule has 0 atom stereocenters. The predicted molar refractivity (Wildman–Crippen MR) is 124 cm³/mol. The molecule has 4 rings (SSSR count). The van der Waals surface area contributed by atoms with Crippen LogP contribution in [0.15, 0.2) is 63.9 Å². The van der Waals surface area contributed by atoms with E-state index in [0.717, 1.165) is 24.8 Å².